The van der Waals surface area contributed by atoms with Gasteiger partial charge in [-0.05, 0) is 55.9 Å². The number of carbonyl (C=O) groups is 1. The summed E-state index contributed by atoms with van der Waals surface area (Å²) in [5.74, 6) is 0.340. The Hall–Kier alpha value is -2.90. The van der Waals surface area contributed by atoms with E-state index in [0.717, 1.165) is 69.4 Å². The molecule has 3 heterocycles. The third kappa shape index (κ3) is 4.49. The Balaban J connectivity index is 1.09. The number of H-pyrrole nitrogens is 1. The molecule has 2 fully saturated rings. The zero-order chi connectivity index (χ0) is 21.9. The molecule has 0 bridgehead atoms. The van der Waals surface area contributed by atoms with Crippen molar-refractivity contribution >= 4 is 17.0 Å². The smallest absolute Gasteiger partial charge is 0.357 e. The van der Waals surface area contributed by atoms with Gasteiger partial charge in [-0.3, -0.25) is 4.57 Å². The number of fused-ring (bicyclic) bond motifs is 1. The lowest BCUT2D eigenvalue weighted by Gasteiger charge is -2.37. The molecular formula is C25H30N4O3. The predicted molar refractivity (Wildman–Crippen MR) is 123 cm³/mol. The van der Waals surface area contributed by atoms with Crippen molar-refractivity contribution in [2.24, 2.45) is 5.92 Å². The predicted octanol–water partition coefficient (Wildman–Crippen LogP) is 3.45. The van der Waals surface area contributed by atoms with Crippen LogP contribution < -0.4 is 5.69 Å². The Morgan fingerprint density at radius 3 is 2.34 bits per heavy atom. The summed E-state index contributed by atoms with van der Waals surface area (Å²) in [6, 6.07) is 17.3. The second kappa shape index (κ2) is 9.30. The van der Waals surface area contributed by atoms with E-state index in [1.54, 1.807) is 12.1 Å². The number of hydrogen-bond donors (Lipinski definition) is 1. The molecule has 2 aliphatic heterocycles. The van der Waals surface area contributed by atoms with Crippen LogP contribution in [0.1, 0.15) is 42.1 Å². The third-order valence-corrected chi connectivity index (χ3v) is 6.86. The Bertz CT molecular complexity index is 1110. The summed E-state index contributed by atoms with van der Waals surface area (Å²) in [6.45, 7) is 4.67. The molecule has 2 saturated heterocycles. The van der Waals surface area contributed by atoms with E-state index in [0.29, 0.717) is 11.5 Å². The quantitative estimate of drug-likeness (QED) is 0.666. The maximum absolute atomic E-state index is 12.5. The second-order valence-corrected chi connectivity index (χ2v) is 8.97. The monoisotopic (exact) mass is 434 g/mol. The fraction of sp³-hybridized carbons (Fsp3) is 0.440. The van der Waals surface area contributed by atoms with Crippen LogP contribution in [0.25, 0.3) is 11.0 Å². The fourth-order valence-corrected chi connectivity index (χ4v) is 5.09. The lowest BCUT2D eigenvalue weighted by Crippen LogP contribution is -2.42. The van der Waals surface area contributed by atoms with E-state index in [1.165, 1.54) is 0 Å². The molecule has 0 amide bonds. The van der Waals surface area contributed by atoms with Crippen LogP contribution in [0.3, 0.4) is 0 Å². The molecule has 5 rings (SSSR count). The molecule has 0 aliphatic carbocycles. The number of carbonyl (C=O) groups excluding carboxylic acids is 1. The Kier molecular flexibility index (Phi) is 6.10. The van der Waals surface area contributed by atoms with Gasteiger partial charge in [0, 0.05) is 38.8 Å². The van der Waals surface area contributed by atoms with Crippen molar-refractivity contribution < 1.29 is 9.63 Å². The zero-order valence-electron chi connectivity index (χ0n) is 18.3. The van der Waals surface area contributed by atoms with Crippen molar-refractivity contribution in [3.8, 4) is 0 Å². The first-order valence-corrected chi connectivity index (χ1v) is 11.6. The molecule has 1 N–H and O–H groups in total. The summed E-state index contributed by atoms with van der Waals surface area (Å²) in [6.07, 6.45) is 4.05. The Morgan fingerprint density at radius 2 is 1.59 bits per heavy atom. The van der Waals surface area contributed by atoms with E-state index in [9.17, 15) is 9.59 Å². The highest BCUT2D eigenvalue weighted by molar-refractivity contribution is 5.89. The van der Waals surface area contributed by atoms with Crippen molar-refractivity contribution in [3.63, 3.8) is 0 Å². The normalized spacial score (nSPS) is 19.4. The third-order valence-electron chi connectivity index (χ3n) is 6.86. The van der Waals surface area contributed by atoms with Crippen LogP contribution in [0, 0.1) is 5.92 Å². The summed E-state index contributed by atoms with van der Waals surface area (Å²) in [5, 5.41) is 1.81. The van der Waals surface area contributed by atoms with Crippen LogP contribution in [0.5, 0.6) is 0 Å². The van der Waals surface area contributed by atoms with Gasteiger partial charge >= 0.3 is 11.7 Å². The SMILES string of the molecule is O=C(ON1CCC(CN2CCC(n3c(=O)[nH]c4ccccc43)CC2)CC1)c1ccccc1. The minimum atomic E-state index is -0.279. The summed E-state index contributed by atoms with van der Waals surface area (Å²) in [7, 11) is 0. The van der Waals surface area contributed by atoms with E-state index in [1.807, 2.05) is 52.1 Å². The molecule has 2 aromatic carbocycles. The van der Waals surface area contributed by atoms with Crippen LogP contribution in [0.4, 0.5) is 0 Å². The molecular weight excluding hydrogens is 404 g/mol. The van der Waals surface area contributed by atoms with Crippen LogP contribution in [-0.4, -0.2) is 58.2 Å². The van der Waals surface area contributed by atoms with E-state index < -0.39 is 0 Å². The first-order valence-electron chi connectivity index (χ1n) is 11.6. The highest BCUT2D eigenvalue weighted by atomic mass is 16.7. The summed E-state index contributed by atoms with van der Waals surface area (Å²) in [4.78, 5) is 35.8. The van der Waals surface area contributed by atoms with Gasteiger partial charge in [0.25, 0.3) is 0 Å². The number of nitrogens with one attached hydrogen (secondary N) is 1. The van der Waals surface area contributed by atoms with Crippen molar-refractivity contribution in [2.75, 3.05) is 32.7 Å². The van der Waals surface area contributed by atoms with Gasteiger partial charge in [-0.2, -0.15) is 0 Å². The maximum Gasteiger partial charge on any atom is 0.357 e. The molecule has 7 nitrogen and oxygen atoms in total. The number of hydrogen-bond acceptors (Lipinski definition) is 5. The van der Waals surface area contributed by atoms with Gasteiger partial charge in [0.05, 0.1) is 16.6 Å². The largest absolute Gasteiger partial charge is 0.364 e. The number of aromatic amines is 1. The second-order valence-electron chi connectivity index (χ2n) is 8.97. The number of aromatic nitrogens is 2. The van der Waals surface area contributed by atoms with Crippen molar-refractivity contribution in [1.82, 2.24) is 19.5 Å². The van der Waals surface area contributed by atoms with Crippen LogP contribution >= 0.6 is 0 Å². The number of nitrogens with zero attached hydrogens (tertiary/aromatic N) is 3. The molecule has 2 aliphatic rings. The molecule has 0 unspecified atom stereocenters. The average molecular weight is 435 g/mol. The van der Waals surface area contributed by atoms with Gasteiger partial charge in [-0.15, -0.1) is 5.06 Å². The summed E-state index contributed by atoms with van der Waals surface area (Å²) >= 11 is 0. The van der Waals surface area contributed by atoms with Gasteiger partial charge in [0.1, 0.15) is 0 Å². The number of imidazole rings is 1. The van der Waals surface area contributed by atoms with E-state index >= 15 is 0 Å². The molecule has 7 heteroatoms. The van der Waals surface area contributed by atoms with Crippen LogP contribution in [0.2, 0.25) is 0 Å². The molecule has 32 heavy (non-hydrogen) atoms. The lowest BCUT2D eigenvalue weighted by atomic mass is 9.95. The minimum absolute atomic E-state index is 0.00192. The summed E-state index contributed by atoms with van der Waals surface area (Å²) in [5.41, 5.74) is 2.52. The van der Waals surface area contributed by atoms with Crippen LogP contribution in [-0.2, 0) is 4.84 Å². The molecule has 3 aromatic rings. The number of rotatable bonds is 5. The lowest BCUT2D eigenvalue weighted by molar-refractivity contribution is -0.127. The number of likely N-dealkylation sites (tertiary alicyclic amines) is 1. The van der Waals surface area contributed by atoms with Gasteiger partial charge in [0.2, 0.25) is 0 Å². The van der Waals surface area contributed by atoms with Crippen molar-refractivity contribution in [3.05, 3.63) is 70.6 Å². The Morgan fingerprint density at radius 1 is 0.906 bits per heavy atom. The average Bonchev–Trinajstić information content (AvgIpc) is 3.17. The van der Waals surface area contributed by atoms with E-state index in [2.05, 4.69) is 9.88 Å². The summed E-state index contributed by atoms with van der Waals surface area (Å²) < 4.78 is 1.95. The van der Waals surface area contributed by atoms with Gasteiger partial charge < -0.3 is 14.7 Å². The molecule has 0 saturated carbocycles. The van der Waals surface area contributed by atoms with Crippen molar-refractivity contribution in [1.29, 1.82) is 0 Å². The number of benzene rings is 2. The number of piperidine rings is 2. The van der Waals surface area contributed by atoms with Gasteiger partial charge in [-0.25, -0.2) is 9.59 Å². The number of hydroxylamine groups is 2. The first-order chi connectivity index (χ1) is 15.7. The van der Waals surface area contributed by atoms with Crippen LogP contribution in [0.15, 0.2) is 59.4 Å². The van der Waals surface area contributed by atoms with Gasteiger partial charge in [0.15, 0.2) is 0 Å². The zero-order valence-corrected chi connectivity index (χ0v) is 18.3. The highest BCUT2D eigenvalue weighted by Gasteiger charge is 2.27. The topological polar surface area (TPSA) is 70.6 Å². The van der Waals surface area contributed by atoms with E-state index in [4.69, 9.17) is 4.84 Å². The maximum atomic E-state index is 12.5. The molecule has 0 atom stereocenters. The number of para-hydroxylation sites is 2. The van der Waals surface area contributed by atoms with E-state index in [-0.39, 0.29) is 17.7 Å². The minimum Gasteiger partial charge on any atom is -0.364 e. The fourth-order valence-electron chi connectivity index (χ4n) is 5.09. The highest BCUT2D eigenvalue weighted by Crippen LogP contribution is 2.27. The Labute approximate surface area is 187 Å². The molecule has 0 spiro atoms. The molecule has 1 aromatic heterocycles. The first kappa shape index (κ1) is 21.0. The standard InChI is InChI=1S/C25H30N4O3/c30-24(20-6-2-1-3-7-20)32-28-16-10-19(11-17-28)18-27-14-12-21(13-15-27)29-23-9-5-4-8-22(23)26-25(29)31/h1-9,19,21H,10-18H2,(H,26,31). The van der Waals surface area contributed by atoms with Crippen molar-refractivity contribution in [2.45, 2.75) is 31.7 Å². The van der Waals surface area contributed by atoms with Gasteiger partial charge in [-0.1, -0.05) is 30.3 Å². The molecule has 0 radical (unpaired) electrons. The molecule has 168 valence electrons.